The number of hydrogen-bond donors (Lipinski definition) is 0. The fraction of sp³-hybridized carbons (Fsp3) is 0.583. The Hall–Kier alpha value is -2.46. The third kappa shape index (κ3) is 14.6. The molecule has 0 unspecified atom stereocenters. The smallest absolute Gasteiger partial charge is 0.362 e. The molecule has 0 aromatic carbocycles. The van der Waals surface area contributed by atoms with Crippen LogP contribution in [0.25, 0.3) is 0 Å². The van der Waals surface area contributed by atoms with Gasteiger partial charge in [0.15, 0.2) is 6.54 Å². The third-order valence-electron chi connectivity index (χ3n) is 4.33. The van der Waals surface area contributed by atoms with Crippen LogP contribution < -0.4 is 17.0 Å². The fourth-order valence-electron chi connectivity index (χ4n) is 2.59. The first-order chi connectivity index (χ1) is 15.1. The van der Waals surface area contributed by atoms with Gasteiger partial charge < -0.3 is 40.4 Å². The van der Waals surface area contributed by atoms with Gasteiger partial charge in [0.1, 0.15) is 45.1 Å². The van der Waals surface area contributed by atoms with E-state index in [1.54, 1.807) is 20.8 Å². The molecule has 0 heterocycles. The Morgan fingerprint density at radius 2 is 0.971 bits per heavy atom. The molecular formula is C24H38BrNO8. The first kappa shape index (κ1) is 33.7. The highest BCUT2D eigenvalue weighted by Crippen LogP contribution is 2.14. The van der Waals surface area contributed by atoms with Crippen molar-refractivity contribution in [2.45, 2.75) is 47.1 Å². The summed E-state index contributed by atoms with van der Waals surface area (Å²) in [6.45, 7) is 20.8. The fourth-order valence-corrected chi connectivity index (χ4v) is 2.59. The summed E-state index contributed by atoms with van der Waals surface area (Å²) in [6.07, 6.45) is 0. The summed E-state index contributed by atoms with van der Waals surface area (Å²) in [5, 5.41) is 0. The van der Waals surface area contributed by atoms with Crippen molar-refractivity contribution >= 4 is 23.9 Å². The van der Waals surface area contributed by atoms with Crippen molar-refractivity contribution in [3.8, 4) is 0 Å². The number of esters is 4. The van der Waals surface area contributed by atoms with Crippen LogP contribution in [0.1, 0.15) is 41.5 Å². The minimum Gasteiger partial charge on any atom is -1.00 e. The second kappa shape index (κ2) is 15.4. The number of hydrogen-bond acceptors (Lipinski definition) is 8. The predicted molar refractivity (Wildman–Crippen MR) is 123 cm³/mol. The Morgan fingerprint density at radius 3 is 1.21 bits per heavy atom. The first-order valence-electron chi connectivity index (χ1n) is 10.6. The van der Waals surface area contributed by atoms with E-state index in [1.807, 2.05) is 0 Å². The lowest BCUT2D eigenvalue weighted by Crippen LogP contribution is -3.00. The molecule has 0 aromatic rings. The summed E-state index contributed by atoms with van der Waals surface area (Å²) in [4.78, 5) is 48.1. The van der Waals surface area contributed by atoms with Gasteiger partial charge >= 0.3 is 23.9 Å². The van der Waals surface area contributed by atoms with Gasteiger partial charge in [-0.3, -0.25) is 0 Å². The Balaban J connectivity index is 0. The van der Waals surface area contributed by atoms with Crippen LogP contribution in [0.4, 0.5) is 0 Å². The van der Waals surface area contributed by atoms with Gasteiger partial charge in [-0.1, -0.05) is 19.7 Å². The molecule has 0 radical (unpaired) electrons. The Bertz CT molecular complexity index is 703. The lowest BCUT2D eigenvalue weighted by molar-refractivity contribution is -0.921. The number of nitrogens with zero attached hydrogens (tertiary/aromatic N) is 1. The van der Waals surface area contributed by atoms with Gasteiger partial charge in [-0.15, -0.1) is 0 Å². The van der Waals surface area contributed by atoms with Crippen LogP contribution in [0.3, 0.4) is 0 Å². The van der Waals surface area contributed by atoms with Gasteiger partial charge in [0.2, 0.25) is 0 Å². The minimum absolute atomic E-state index is 0. The highest BCUT2D eigenvalue weighted by atomic mass is 79.9. The van der Waals surface area contributed by atoms with E-state index >= 15 is 0 Å². The maximum atomic E-state index is 12.7. The van der Waals surface area contributed by atoms with Crippen LogP contribution in [0.5, 0.6) is 0 Å². The van der Waals surface area contributed by atoms with E-state index in [4.69, 9.17) is 18.9 Å². The number of rotatable bonds is 14. The molecule has 0 aliphatic heterocycles. The topological polar surface area (TPSA) is 105 Å². The van der Waals surface area contributed by atoms with Gasteiger partial charge in [0.05, 0.1) is 0 Å². The average molecular weight is 548 g/mol. The van der Waals surface area contributed by atoms with Crippen molar-refractivity contribution < 1.29 is 59.6 Å². The van der Waals surface area contributed by atoms with Crippen molar-refractivity contribution in [1.29, 1.82) is 0 Å². The summed E-state index contributed by atoms with van der Waals surface area (Å²) in [5.41, 5.74) is 0.0147. The van der Waals surface area contributed by atoms with E-state index in [-0.39, 0.29) is 84.2 Å². The number of carbonyl (C=O) groups is 4. The maximum Gasteiger partial charge on any atom is 0.362 e. The zero-order valence-corrected chi connectivity index (χ0v) is 22.7. The van der Waals surface area contributed by atoms with E-state index in [1.165, 1.54) is 20.8 Å². The number of halogens is 1. The third-order valence-corrected chi connectivity index (χ3v) is 4.33. The van der Waals surface area contributed by atoms with Crippen LogP contribution in [0.2, 0.25) is 0 Å². The molecule has 0 N–H and O–H groups in total. The highest BCUT2D eigenvalue weighted by Gasteiger charge is 2.34. The van der Waals surface area contributed by atoms with Gasteiger partial charge in [-0.25, -0.2) is 19.2 Å². The highest BCUT2D eigenvalue weighted by molar-refractivity contribution is 5.87. The molecule has 0 saturated carbocycles. The second-order valence-electron chi connectivity index (χ2n) is 9.01. The van der Waals surface area contributed by atoms with Crippen molar-refractivity contribution in [1.82, 2.24) is 0 Å². The zero-order chi connectivity index (χ0) is 25.8. The predicted octanol–water partition coefficient (Wildman–Crippen LogP) is -0.493. The molecule has 0 saturated heterocycles. The Labute approximate surface area is 213 Å². The second-order valence-corrected chi connectivity index (χ2v) is 9.01. The van der Waals surface area contributed by atoms with Crippen LogP contribution in [-0.4, -0.2) is 80.0 Å². The van der Waals surface area contributed by atoms with Gasteiger partial charge in [0, 0.05) is 16.7 Å². The van der Waals surface area contributed by atoms with Gasteiger partial charge in [-0.2, -0.15) is 0 Å². The Morgan fingerprint density at radius 1 is 0.676 bits per heavy atom. The summed E-state index contributed by atoms with van der Waals surface area (Å²) < 4.78 is 21.1. The summed E-state index contributed by atoms with van der Waals surface area (Å²) >= 11 is 0. The van der Waals surface area contributed by atoms with E-state index in [9.17, 15) is 19.2 Å². The van der Waals surface area contributed by atoms with Gasteiger partial charge in [-0.05, 0) is 41.5 Å². The van der Waals surface area contributed by atoms with Crippen LogP contribution in [-0.2, 0) is 38.1 Å². The molecule has 0 amide bonds. The molecule has 34 heavy (non-hydrogen) atoms. The normalized spacial score (nSPS) is 10.9. The van der Waals surface area contributed by atoms with Gasteiger partial charge in [0.25, 0.3) is 0 Å². The molecule has 0 aliphatic rings. The van der Waals surface area contributed by atoms with Crippen molar-refractivity contribution in [2.24, 2.45) is 0 Å². The van der Waals surface area contributed by atoms with E-state index < -0.39 is 29.5 Å². The summed E-state index contributed by atoms with van der Waals surface area (Å²) in [7, 11) is 0. The molecule has 0 rings (SSSR count). The van der Waals surface area contributed by atoms with Crippen molar-refractivity contribution in [3.05, 3.63) is 36.5 Å². The molecular weight excluding hydrogens is 510 g/mol. The SMILES string of the molecule is C=C(C)C(=O)OCC[N+](CCOC(=O)C(=C)C)(CCOC(=O)C(=C)C)CC(=O)OC(C)(C)C.[Br-]. The number of ether oxygens (including phenoxy) is 4. The summed E-state index contributed by atoms with van der Waals surface area (Å²) in [5.74, 6) is -2.18. The lowest BCUT2D eigenvalue weighted by atomic mass is 10.2. The Kier molecular flexibility index (Phi) is 15.3. The van der Waals surface area contributed by atoms with Crippen LogP contribution in [0, 0.1) is 0 Å². The molecule has 194 valence electrons. The molecule has 0 fully saturated rings. The molecule has 9 nitrogen and oxygen atoms in total. The lowest BCUT2D eigenvalue weighted by Gasteiger charge is -2.37. The van der Waals surface area contributed by atoms with E-state index in [2.05, 4.69) is 19.7 Å². The van der Waals surface area contributed by atoms with Crippen LogP contribution >= 0.6 is 0 Å². The largest absolute Gasteiger partial charge is 1.00 e. The molecule has 0 atom stereocenters. The van der Waals surface area contributed by atoms with Crippen LogP contribution in [0.15, 0.2) is 36.5 Å². The average Bonchev–Trinajstić information content (AvgIpc) is 2.65. The number of carbonyl (C=O) groups excluding carboxylic acids is 4. The minimum atomic E-state index is -0.710. The van der Waals surface area contributed by atoms with E-state index in [0.29, 0.717) is 0 Å². The quantitative estimate of drug-likeness (QED) is 0.124. The molecule has 10 heteroatoms. The molecule has 0 bridgehead atoms. The number of quaternary nitrogens is 1. The first-order valence-corrected chi connectivity index (χ1v) is 10.6. The molecule has 0 aliphatic carbocycles. The van der Waals surface area contributed by atoms with Crippen molar-refractivity contribution in [3.63, 3.8) is 0 Å². The standard InChI is InChI=1S/C24H38NO8.BrH/c1-17(2)21(27)30-13-10-25(11-14-31-22(28)18(3)4,12-15-32-23(29)19(5)6)16-20(26)33-24(7,8)9;/h1,3,5,10-16H2,2,4,6-9H3;1H/q+1;/p-1. The zero-order valence-electron chi connectivity index (χ0n) is 21.2. The molecule has 0 spiro atoms. The monoisotopic (exact) mass is 547 g/mol. The van der Waals surface area contributed by atoms with Crippen molar-refractivity contribution in [2.75, 3.05) is 46.0 Å². The molecule has 0 aromatic heterocycles. The maximum absolute atomic E-state index is 12.7. The van der Waals surface area contributed by atoms with E-state index in [0.717, 1.165) is 0 Å². The summed E-state index contributed by atoms with van der Waals surface area (Å²) in [6, 6.07) is 0.